The molecule has 0 fully saturated rings. The number of thiophene rings is 1. The lowest BCUT2D eigenvalue weighted by molar-refractivity contribution is 0.463. The first-order valence-electron chi connectivity index (χ1n) is 7.03. The van der Waals surface area contributed by atoms with Crippen LogP contribution in [0.2, 0.25) is 0 Å². The number of pyridine rings is 1. The SMILES string of the molecule is c1ccc(Oc2cccc(Nc3ncnc4sccc34)c2)nc1. The minimum Gasteiger partial charge on any atom is -0.439 e. The summed E-state index contributed by atoms with van der Waals surface area (Å²) in [5.41, 5.74) is 0.893. The van der Waals surface area contributed by atoms with Crippen LogP contribution in [0.1, 0.15) is 0 Å². The third-order valence-corrected chi connectivity index (χ3v) is 4.04. The molecule has 0 saturated heterocycles. The Morgan fingerprint density at radius 2 is 1.96 bits per heavy atom. The van der Waals surface area contributed by atoms with Crippen LogP contribution < -0.4 is 10.1 Å². The maximum atomic E-state index is 5.75. The molecule has 1 aromatic carbocycles. The fourth-order valence-corrected chi connectivity index (χ4v) is 2.92. The number of ether oxygens (including phenoxy) is 1. The quantitative estimate of drug-likeness (QED) is 0.594. The molecule has 112 valence electrons. The first-order valence-corrected chi connectivity index (χ1v) is 7.91. The van der Waals surface area contributed by atoms with E-state index in [4.69, 9.17) is 4.74 Å². The second-order valence-corrected chi connectivity index (χ2v) is 5.68. The van der Waals surface area contributed by atoms with Crippen molar-refractivity contribution in [2.75, 3.05) is 5.32 Å². The van der Waals surface area contributed by atoms with E-state index in [0.29, 0.717) is 11.6 Å². The maximum Gasteiger partial charge on any atom is 0.219 e. The lowest BCUT2D eigenvalue weighted by Gasteiger charge is -2.09. The van der Waals surface area contributed by atoms with E-state index in [9.17, 15) is 0 Å². The first-order chi connectivity index (χ1) is 11.4. The summed E-state index contributed by atoms with van der Waals surface area (Å²) in [5.74, 6) is 2.06. The Kier molecular flexibility index (Phi) is 3.57. The fraction of sp³-hybridized carbons (Fsp3) is 0. The molecule has 0 aliphatic rings. The van der Waals surface area contributed by atoms with Crippen LogP contribution >= 0.6 is 11.3 Å². The van der Waals surface area contributed by atoms with E-state index in [1.54, 1.807) is 23.9 Å². The lowest BCUT2D eigenvalue weighted by atomic mass is 10.3. The number of fused-ring (bicyclic) bond motifs is 1. The van der Waals surface area contributed by atoms with Crippen molar-refractivity contribution >= 4 is 33.1 Å². The van der Waals surface area contributed by atoms with Gasteiger partial charge in [0.05, 0.1) is 5.39 Å². The van der Waals surface area contributed by atoms with E-state index in [-0.39, 0.29) is 0 Å². The molecular formula is C17H12N4OS. The number of hydrogen-bond acceptors (Lipinski definition) is 6. The van der Waals surface area contributed by atoms with Crippen molar-refractivity contribution in [1.82, 2.24) is 15.0 Å². The topological polar surface area (TPSA) is 59.9 Å². The van der Waals surface area contributed by atoms with Gasteiger partial charge >= 0.3 is 0 Å². The summed E-state index contributed by atoms with van der Waals surface area (Å²) in [5, 5.41) is 6.33. The molecule has 0 aliphatic heterocycles. The van der Waals surface area contributed by atoms with Crippen molar-refractivity contribution in [3.63, 3.8) is 0 Å². The Morgan fingerprint density at radius 1 is 0.957 bits per heavy atom. The van der Waals surface area contributed by atoms with E-state index in [0.717, 1.165) is 21.7 Å². The number of rotatable bonds is 4. The van der Waals surface area contributed by atoms with Crippen molar-refractivity contribution in [2.24, 2.45) is 0 Å². The standard InChI is InChI=1S/C17H12N4OS/c1-2-8-18-15(6-1)22-13-5-3-4-12(10-13)21-16-14-7-9-23-17(14)20-11-19-16/h1-11H,(H,19,20,21). The molecule has 0 aliphatic carbocycles. The molecule has 3 aromatic heterocycles. The highest BCUT2D eigenvalue weighted by atomic mass is 32.1. The average Bonchev–Trinajstić information content (AvgIpc) is 3.06. The summed E-state index contributed by atoms with van der Waals surface area (Å²) in [6.45, 7) is 0. The van der Waals surface area contributed by atoms with E-state index in [2.05, 4.69) is 20.3 Å². The third kappa shape index (κ3) is 2.97. The van der Waals surface area contributed by atoms with Crippen LogP contribution in [0, 0.1) is 0 Å². The van der Waals surface area contributed by atoms with Gasteiger partial charge in [-0.05, 0) is 29.6 Å². The van der Waals surface area contributed by atoms with Gasteiger partial charge in [-0.25, -0.2) is 15.0 Å². The fourth-order valence-electron chi connectivity index (χ4n) is 2.19. The molecule has 3 heterocycles. The van der Waals surface area contributed by atoms with Gasteiger partial charge < -0.3 is 10.1 Å². The van der Waals surface area contributed by atoms with Crippen LogP contribution in [0.5, 0.6) is 11.6 Å². The largest absolute Gasteiger partial charge is 0.439 e. The Morgan fingerprint density at radius 3 is 2.87 bits per heavy atom. The molecular weight excluding hydrogens is 308 g/mol. The van der Waals surface area contributed by atoms with Gasteiger partial charge in [-0.1, -0.05) is 12.1 Å². The van der Waals surface area contributed by atoms with Crippen LogP contribution in [0.25, 0.3) is 10.2 Å². The first kappa shape index (κ1) is 13.7. The number of nitrogens with one attached hydrogen (secondary N) is 1. The van der Waals surface area contributed by atoms with Gasteiger partial charge in [0.15, 0.2) is 0 Å². The number of hydrogen-bond donors (Lipinski definition) is 1. The molecule has 0 saturated carbocycles. The zero-order chi connectivity index (χ0) is 15.5. The number of benzene rings is 1. The van der Waals surface area contributed by atoms with Gasteiger partial charge in [0.25, 0.3) is 0 Å². The minimum atomic E-state index is 0.562. The molecule has 0 spiro atoms. The highest BCUT2D eigenvalue weighted by Gasteiger charge is 2.06. The van der Waals surface area contributed by atoms with Crippen molar-refractivity contribution in [1.29, 1.82) is 0 Å². The predicted octanol–water partition coefficient (Wildman–Crippen LogP) is 4.62. The molecule has 5 nitrogen and oxygen atoms in total. The summed E-state index contributed by atoms with van der Waals surface area (Å²) in [4.78, 5) is 13.7. The van der Waals surface area contributed by atoms with E-state index in [1.807, 2.05) is 53.9 Å². The number of nitrogens with zero attached hydrogens (tertiary/aromatic N) is 3. The lowest BCUT2D eigenvalue weighted by Crippen LogP contribution is -1.95. The second kappa shape index (κ2) is 6.02. The second-order valence-electron chi connectivity index (χ2n) is 4.78. The van der Waals surface area contributed by atoms with Crippen LogP contribution in [-0.4, -0.2) is 15.0 Å². The molecule has 0 radical (unpaired) electrons. The van der Waals surface area contributed by atoms with Gasteiger partial charge in [-0.3, -0.25) is 0 Å². The van der Waals surface area contributed by atoms with E-state index < -0.39 is 0 Å². The Balaban J connectivity index is 1.60. The summed E-state index contributed by atoms with van der Waals surface area (Å²) >= 11 is 1.59. The van der Waals surface area contributed by atoms with Crippen molar-refractivity contribution < 1.29 is 4.74 Å². The summed E-state index contributed by atoms with van der Waals surface area (Å²) in [7, 11) is 0. The molecule has 23 heavy (non-hydrogen) atoms. The zero-order valence-corrected chi connectivity index (χ0v) is 12.8. The van der Waals surface area contributed by atoms with E-state index >= 15 is 0 Å². The van der Waals surface area contributed by atoms with Crippen molar-refractivity contribution in [3.05, 3.63) is 66.4 Å². The van der Waals surface area contributed by atoms with Crippen LogP contribution in [0.4, 0.5) is 11.5 Å². The van der Waals surface area contributed by atoms with E-state index in [1.165, 1.54) is 0 Å². The normalized spacial score (nSPS) is 10.6. The van der Waals surface area contributed by atoms with Gasteiger partial charge in [0.1, 0.15) is 22.7 Å². The van der Waals surface area contributed by atoms with Gasteiger partial charge in [-0.2, -0.15) is 0 Å². The molecule has 0 amide bonds. The van der Waals surface area contributed by atoms with Crippen molar-refractivity contribution in [3.8, 4) is 11.6 Å². The molecule has 0 unspecified atom stereocenters. The zero-order valence-electron chi connectivity index (χ0n) is 12.0. The molecule has 0 bridgehead atoms. The third-order valence-electron chi connectivity index (χ3n) is 3.22. The highest BCUT2D eigenvalue weighted by molar-refractivity contribution is 7.16. The molecule has 6 heteroatoms. The summed E-state index contributed by atoms with van der Waals surface area (Å²) < 4.78 is 5.75. The minimum absolute atomic E-state index is 0.562. The van der Waals surface area contributed by atoms with Gasteiger partial charge in [-0.15, -0.1) is 11.3 Å². The molecule has 4 aromatic rings. The summed E-state index contributed by atoms with van der Waals surface area (Å²) in [6.07, 6.45) is 3.26. The molecule has 1 N–H and O–H groups in total. The monoisotopic (exact) mass is 320 g/mol. The number of aromatic nitrogens is 3. The Hall–Kier alpha value is -2.99. The average molecular weight is 320 g/mol. The number of anilines is 2. The molecule has 0 atom stereocenters. The van der Waals surface area contributed by atoms with Gasteiger partial charge in [0.2, 0.25) is 5.88 Å². The molecule has 4 rings (SSSR count). The Labute approximate surface area is 136 Å². The van der Waals surface area contributed by atoms with Gasteiger partial charge in [0, 0.05) is 24.0 Å². The highest BCUT2D eigenvalue weighted by Crippen LogP contribution is 2.28. The van der Waals surface area contributed by atoms with Crippen LogP contribution in [-0.2, 0) is 0 Å². The van der Waals surface area contributed by atoms with Crippen LogP contribution in [0.3, 0.4) is 0 Å². The summed E-state index contributed by atoms with van der Waals surface area (Å²) in [6, 6.07) is 15.3. The van der Waals surface area contributed by atoms with Crippen LogP contribution in [0.15, 0.2) is 66.4 Å². The van der Waals surface area contributed by atoms with Crippen molar-refractivity contribution in [2.45, 2.75) is 0 Å². The maximum absolute atomic E-state index is 5.75. The smallest absolute Gasteiger partial charge is 0.219 e. The predicted molar refractivity (Wildman–Crippen MR) is 91.5 cm³/mol. The Bertz CT molecular complexity index is 939.